The molecule has 2 rings (SSSR count). The molecule has 27 heavy (non-hydrogen) atoms. The van der Waals surface area contributed by atoms with Crippen LogP contribution in [0.5, 0.6) is 0 Å². The van der Waals surface area contributed by atoms with Crippen molar-refractivity contribution < 1.29 is 9.52 Å². The first-order valence-corrected chi connectivity index (χ1v) is 14.2. The van der Waals surface area contributed by atoms with Crippen LogP contribution in [0.2, 0.25) is 18.1 Å². The molecule has 2 heterocycles. The van der Waals surface area contributed by atoms with Crippen LogP contribution >= 0.6 is 0 Å². The molecule has 2 N–H and O–H groups in total. The Labute approximate surface area is 169 Å². The molecule has 1 aromatic heterocycles. The lowest BCUT2D eigenvalue weighted by molar-refractivity contribution is 0.299. The molecule has 1 aliphatic rings. The summed E-state index contributed by atoms with van der Waals surface area (Å²) in [4.78, 5) is 0. The third-order valence-electron chi connectivity index (χ3n) is 6.29. The van der Waals surface area contributed by atoms with Gasteiger partial charge in [0.25, 0.3) is 0 Å². The molecule has 158 valence electrons. The lowest BCUT2D eigenvalue weighted by Gasteiger charge is -2.26. The van der Waals surface area contributed by atoms with Gasteiger partial charge in [-0.15, -0.1) is 0 Å². The van der Waals surface area contributed by atoms with Gasteiger partial charge in [-0.2, -0.15) is 0 Å². The normalized spacial score (nSPS) is 16.1. The van der Waals surface area contributed by atoms with E-state index in [4.69, 9.17) is 9.52 Å². The molecule has 3 nitrogen and oxygen atoms in total. The van der Waals surface area contributed by atoms with Crippen molar-refractivity contribution in [2.45, 2.75) is 110 Å². The summed E-state index contributed by atoms with van der Waals surface area (Å²) in [7, 11) is -1.40. The first-order chi connectivity index (χ1) is 13.2. The Morgan fingerprint density at radius 1 is 1.00 bits per heavy atom. The summed E-state index contributed by atoms with van der Waals surface area (Å²) in [5.74, 6) is 0. The molecule has 1 aromatic rings. The molecular formula is C23H45NO2Si. The molecule has 0 aliphatic carbocycles. The molecule has 0 aromatic carbocycles. The highest BCUT2D eigenvalue weighted by atomic mass is 28.3. The predicted molar refractivity (Wildman–Crippen MR) is 121 cm³/mol. The Hall–Kier alpha value is -0.583. The average Bonchev–Trinajstić information content (AvgIpc) is 3.41. The molecule has 1 atom stereocenters. The molecule has 0 amide bonds. The summed E-state index contributed by atoms with van der Waals surface area (Å²) >= 11 is 0. The van der Waals surface area contributed by atoms with E-state index < -0.39 is 8.07 Å². The van der Waals surface area contributed by atoms with Crippen LogP contribution in [0.15, 0.2) is 16.7 Å². The van der Waals surface area contributed by atoms with Gasteiger partial charge in [0.05, 0.1) is 11.6 Å². The van der Waals surface area contributed by atoms with E-state index in [-0.39, 0.29) is 6.61 Å². The molecular weight excluding hydrogens is 350 g/mol. The minimum Gasteiger partial charge on any atom is -0.474 e. The second kappa shape index (κ2) is 14.4. The quantitative estimate of drug-likeness (QED) is 0.244. The second-order valence-corrected chi connectivity index (χ2v) is 13.2. The number of aliphatic hydroxyl groups is 1. The second-order valence-electron chi connectivity index (χ2n) is 8.10. The Morgan fingerprint density at radius 3 is 2.11 bits per heavy atom. The van der Waals surface area contributed by atoms with E-state index in [0.717, 1.165) is 12.5 Å². The third kappa shape index (κ3) is 8.97. The fraction of sp³-hybridized carbons (Fsp3) is 0.826. The van der Waals surface area contributed by atoms with E-state index in [0.29, 0.717) is 0 Å². The first-order valence-electron chi connectivity index (χ1n) is 11.6. The van der Waals surface area contributed by atoms with Crippen LogP contribution in [0.3, 0.4) is 0 Å². The lowest BCUT2D eigenvalue weighted by atomic mass is 10.1. The van der Waals surface area contributed by atoms with Gasteiger partial charge in [-0.05, 0) is 24.5 Å². The number of aliphatic hydroxyl groups excluding tert-OH is 1. The average molecular weight is 396 g/mol. The molecule has 1 unspecified atom stereocenters. The SMILES string of the molecule is CCCCCCCCCC1CN1.CC[Si](CC)(CC)c1occc1CCO. The Kier molecular flexibility index (Phi) is 13.1. The zero-order chi connectivity index (χ0) is 20.0. The highest BCUT2D eigenvalue weighted by molar-refractivity contribution is 6.91. The minimum atomic E-state index is -1.40. The van der Waals surface area contributed by atoms with Crippen LogP contribution < -0.4 is 10.7 Å². The standard InChI is InChI=1S/C12H22O2Si.C11H23N/c1-4-15(5-2,6-3)12-11(7-9-13)8-10-14-12;1-2-3-4-5-6-7-8-9-11-10-12-11/h8,10,13H,4-7,9H2,1-3H3;11-12H,2-10H2,1H3. The monoisotopic (exact) mass is 395 g/mol. The summed E-state index contributed by atoms with van der Waals surface area (Å²) in [5.41, 5.74) is 1.23. The molecule has 0 bridgehead atoms. The van der Waals surface area contributed by atoms with Gasteiger partial charge in [-0.1, -0.05) is 90.8 Å². The number of unbranched alkanes of at least 4 members (excludes halogenated alkanes) is 6. The number of hydrogen-bond acceptors (Lipinski definition) is 3. The first kappa shape index (κ1) is 24.5. The van der Waals surface area contributed by atoms with Crippen LogP contribution in [-0.2, 0) is 6.42 Å². The van der Waals surface area contributed by atoms with Crippen LogP contribution in [0.1, 0.15) is 84.6 Å². The van der Waals surface area contributed by atoms with Crippen LogP contribution in [0.25, 0.3) is 0 Å². The van der Waals surface area contributed by atoms with E-state index >= 15 is 0 Å². The summed E-state index contributed by atoms with van der Waals surface area (Å²) in [6, 6.07) is 6.61. The van der Waals surface area contributed by atoms with E-state index in [1.807, 2.05) is 6.07 Å². The molecule has 1 aliphatic heterocycles. The van der Waals surface area contributed by atoms with E-state index in [1.54, 1.807) is 6.26 Å². The number of furan rings is 1. The van der Waals surface area contributed by atoms with E-state index in [1.165, 1.54) is 87.0 Å². The van der Waals surface area contributed by atoms with Crippen molar-refractivity contribution >= 4 is 13.5 Å². The maximum Gasteiger partial charge on any atom is 0.131 e. The van der Waals surface area contributed by atoms with Crippen molar-refractivity contribution in [3.63, 3.8) is 0 Å². The third-order valence-corrected chi connectivity index (χ3v) is 11.8. The largest absolute Gasteiger partial charge is 0.474 e. The van der Waals surface area contributed by atoms with Crippen molar-refractivity contribution in [3.8, 4) is 0 Å². The topological polar surface area (TPSA) is 55.3 Å². The molecule has 0 radical (unpaired) electrons. The number of nitrogens with one attached hydrogen (secondary N) is 1. The van der Waals surface area contributed by atoms with Crippen molar-refractivity contribution in [3.05, 3.63) is 17.9 Å². The van der Waals surface area contributed by atoms with Gasteiger partial charge < -0.3 is 14.8 Å². The molecule has 0 saturated carbocycles. The Morgan fingerprint density at radius 2 is 1.59 bits per heavy atom. The zero-order valence-electron chi connectivity index (χ0n) is 18.5. The van der Waals surface area contributed by atoms with Gasteiger partial charge in [0.2, 0.25) is 0 Å². The number of hydrogen-bond donors (Lipinski definition) is 2. The smallest absolute Gasteiger partial charge is 0.131 e. The molecule has 0 spiro atoms. The van der Waals surface area contributed by atoms with Crippen molar-refractivity contribution in [2.75, 3.05) is 13.2 Å². The fourth-order valence-electron chi connectivity index (χ4n) is 3.99. The highest BCUT2D eigenvalue weighted by Crippen LogP contribution is 2.22. The van der Waals surface area contributed by atoms with Crippen molar-refractivity contribution in [2.24, 2.45) is 0 Å². The van der Waals surface area contributed by atoms with Gasteiger partial charge in [0, 0.05) is 19.2 Å². The van der Waals surface area contributed by atoms with Crippen molar-refractivity contribution in [1.82, 2.24) is 5.32 Å². The van der Waals surface area contributed by atoms with Crippen LogP contribution in [0.4, 0.5) is 0 Å². The summed E-state index contributed by atoms with van der Waals surface area (Å²) in [6.45, 7) is 10.6. The maximum absolute atomic E-state index is 9.02. The fourth-order valence-corrected chi connectivity index (χ4v) is 7.66. The van der Waals surface area contributed by atoms with Gasteiger partial charge in [-0.3, -0.25) is 0 Å². The summed E-state index contributed by atoms with van der Waals surface area (Å²) < 4.78 is 5.71. The molecule has 1 saturated heterocycles. The Balaban J connectivity index is 0.000000277. The lowest BCUT2D eigenvalue weighted by Crippen LogP contribution is -2.46. The van der Waals surface area contributed by atoms with Crippen LogP contribution in [-0.4, -0.2) is 32.4 Å². The molecule has 4 heteroatoms. The molecule has 1 fully saturated rings. The number of rotatable bonds is 14. The van der Waals surface area contributed by atoms with E-state index in [2.05, 4.69) is 33.0 Å². The predicted octanol–water partition coefficient (Wildman–Crippen LogP) is 5.63. The van der Waals surface area contributed by atoms with Gasteiger partial charge in [0.15, 0.2) is 0 Å². The van der Waals surface area contributed by atoms with E-state index in [9.17, 15) is 0 Å². The maximum atomic E-state index is 9.02. The van der Waals surface area contributed by atoms with Gasteiger partial charge in [-0.25, -0.2) is 0 Å². The van der Waals surface area contributed by atoms with Gasteiger partial charge in [0.1, 0.15) is 8.07 Å². The Bertz CT molecular complexity index is 458. The van der Waals surface area contributed by atoms with Crippen LogP contribution in [0, 0.1) is 0 Å². The summed E-state index contributed by atoms with van der Waals surface area (Å²) in [5, 5.41) is 13.6. The van der Waals surface area contributed by atoms with Gasteiger partial charge >= 0.3 is 0 Å². The zero-order valence-corrected chi connectivity index (χ0v) is 19.5. The highest BCUT2D eigenvalue weighted by Gasteiger charge is 2.34. The minimum absolute atomic E-state index is 0.216. The summed E-state index contributed by atoms with van der Waals surface area (Å²) in [6.07, 6.45) is 14.0. The van der Waals surface area contributed by atoms with Crippen molar-refractivity contribution in [1.29, 1.82) is 0 Å².